The molecule has 9 nitrogen and oxygen atoms in total. The molecule has 0 fully saturated rings. The smallest absolute Gasteiger partial charge is 0.413 e. The lowest BCUT2D eigenvalue weighted by Crippen LogP contribution is -2.39. The molecule has 0 aliphatic heterocycles. The first kappa shape index (κ1) is 18.6. The highest BCUT2D eigenvalue weighted by Crippen LogP contribution is 2.32. The average molecular weight is 389 g/mol. The highest BCUT2D eigenvalue weighted by atomic mass is 32.2. The number of esters is 1. The molecule has 2 heterocycles. The Morgan fingerprint density at radius 1 is 1.26 bits per heavy atom. The molecule has 27 heavy (non-hydrogen) atoms. The second kappa shape index (κ2) is 8.04. The van der Waals surface area contributed by atoms with Gasteiger partial charge in [-0.2, -0.15) is 0 Å². The summed E-state index contributed by atoms with van der Waals surface area (Å²) < 4.78 is 15.1. The average Bonchev–Trinajstić information content (AvgIpc) is 3.05. The number of methoxy groups -OCH3 is 1. The summed E-state index contributed by atoms with van der Waals surface area (Å²) in [7, 11) is 1.12. The number of para-hydroxylation sites is 1. The molecule has 0 aliphatic carbocycles. The number of rotatable bonds is 5. The number of imide groups is 1. The van der Waals surface area contributed by atoms with Crippen molar-refractivity contribution in [1.29, 1.82) is 0 Å². The van der Waals surface area contributed by atoms with Gasteiger partial charge in [-0.1, -0.05) is 23.9 Å². The van der Waals surface area contributed by atoms with E-state index >= 15 is 0 Å². The molecule has 0 unspecified atom stereocenters. The predicted molar refractivity (Wildman–Crippen MR) is 96.1 cm³/mol. The fourth-order valence-corrected chi connectivity index (χ4v) is 2.98. The second-order valence-electron chi connectivity index (χ2n) is 5.36. The summed E-state index contributed by atoms with van der Waals surface area (Å²) in [4.78, 5) is 43.0. The van der Waals surface area contributed by atoms with E-state index in [1.165, 1.54) is 13.3 Å². The number of fused-ring (bicyclic) bond motifs is 3. The normalized spacial score (nSPS) is 11.9. The Labute approximate surface area is 157 Å². The number of hydrogen-bond acceptors (Lipinski definition) is 9. The number of carbonyl (C=O) groups excluding carboxylic acids is 3. The van der Waals surface area contributed by atoms with E-state index in [9.17, 15) is 14.4 Å². The predicted octanol–water partition coefficient (Wildman–Crippen LogP) is 2.28. The van der Waals surface area contributed by atoms with Crippen molar-refractivity contribution in [3.8, 4) is 0 Å². The molecule has 1 atom stereocenters. The number of amides is 2. The van der Waals surface area contributed by atoms with Crippen LogP contribution in [0.2, 0.25) is 0 Å². The second-order valence-corrected chi connectivity index (χ2v) is 6.32. The Balaban J connectivity index is 1.65. The number of carbonyl (C=O) groups is 3. The van der Waals surface area contributed by atoms with Crippen LogP contribution in [-0.2, 0) is 19.1 Å². The summed E-state index contributed by atoms with van der Waals surface area (Å²) in [5.74, 6) is -1.52. The highest BCUT2D eigenvalue weighted by Gasteiger charge is 2.21. The van der Waals surface area contributed by atoms with Crippen molar-refractivity contribution in [1.82, 2.24) is 15.3 Å². The Morgan fingerprint density at radius 3 is 2.81 bits per heavy atom. The topological polar surface area (TPSA) is 121 Å². The van der Waals surface area contributed by atoms with Gasteiger partial charge in [0.1, 0.15) is 22.5 Å². The van der Waals surface area contributed by atoms with Gasteiger partial charge in [-0.15, -0.1) is 0 Å². The largest absolute Gasteiger partial charge is 0.453 e. The zero-order valence-electron chi connectivity index (χ0n) is 14.4. The third kappa shape index (κ3) is 4.17. The van der Waals surface area contributed by atoms with E-state index in [1.54, 1.807) is 0 Å². The zero-order valence-corrected chi connectivity index (χ0v) is 15.2. The van der Waals surface area contributed by atoms with E-state index in [-0.39, 0.29) is 5.75 Å². The SMILES string of the molecule is COC(=O)NC(=O)[C@H](C)OC(=O)CSc1ncnc2c1oc1ccccc12. The van der Waals surface area contributed by atoms with Gasteiger partial charge in [-0.25, -0.2) is 14.8 Å². The van der Waals surface area contributed by atoms with Crippen LogP contribution in [0.25, 0.3) is 22.1 Å². The summed E-state index contributed by atoms with van der Waals surface area (Å²) in [5.41, 5.74) is 1.81. The molecule has 0 bridgehead atoms. The fourth-order valence-electron chi connectivity index (χ4n) is 2.27. The number of aromatic nitrogens is 2. The standard InChI is InChI=1S/C17H15N3O6S/c1-9(15(22)20-17(23)24-2)25-12(21)7-27-16-14-13(18-8-19-16)10-5-3-4-6-11(10)26-14/h3-6,8-9H,7H2,1-2H3,(H,20,22,23)/t9-/m0/s1. The van der Waals surface area contributed by atoms with Crippen LogP contribution in [0.1, 0.15) is 6.92 Å². The zero-order chi connectivity index (χ0) is 19.4. The molecule has 3 aromatic rings. The molecule has 2 aromatic heterocycles. The minimum Gasteiger partial charge on any atom is -0.453 e. The number of nitrogens with one attached hydrogen (secondary N) is 1. The maximum atomic E-state index is 12.0. The summed E-state index contributed by atoms with van der Waals surface area (Å²) in [5, 5.41) is 3.27. The van der Waals surface area contributed by atoms with E-state index < -0.39 is 24.1 Å². The summed E-state index contributed by atoms with van der Waals surface area (Å²) in [6, 6.07) is 7.44. The van der Waals surface area contributed by atoms with Crippen molar-refractivity contribution < 1.29 is 28.3 Å². The van der Waals surface area contributed by atoms with Gasteiger partial charge in [0.2, 0.25) is 0 Å². The molecule has 0 radical (unpaired) electrons. The number of benzene rings is 1. The van der Waals surface area contributed by atoms with Crippen LogP contribution >= 0.6 is 11.8 Å². The molecule has 0 saturated heterocycles. The molecule has 140 valence electrons. The molecular weight excluding hydrogens is 374 g/mol. The third-order valence-corrected chi connectivity index (χ3v) is 4.48. The monoisotopic (exact) mass is 389 g/mol. The van der Waals surface area contributed by atoms with Gasteiger partial charge in [0, 0.05) is 5.39 Å². The van der Waals surface area contributed by atoms with Crippen molar-refractivity contribution in [3.05, 3.63) is 30.6 Å². The molecule has 0 spiro atoms. The molecule has 2 amide bonds. The molecular formula is C17H15N3O6S. The van der Waals surface area contributed by atoms with Gasteiger partial charge in [0.05, 0.1) is 12.9 Å². The van der Waals surface area contributed by atoms with Crippen LogP contribution < -0.4 is 5.32 Å². The Bertz CT molecular complexity index is 1020. The Kier molecular flexibility index (Phi) is 5.55. The summed E-state index contributed by atoms with van der Waals surface area (Å²) in [6.45, 7) is 1.35. The van der Waals surface area contributed by atoms with Gasteiger partial charge in [0.15, 0.2) is 11.7 Å². The minimum absolute atomic E-state index is 0.0982. The first-order chi connectivity index (χ1) is 13.0. The van der Waals surface area contributed by atoms with Gasteiger partial charge >= 0.3 is 12.1 Å². The molecule has 1 N–H and O–H groups in total. The van der Waals surface area contributed by atoms with E-state index in [4.69, 9.17) is 9.15 Å². The van der Waals surface area contributed by atoms with E-state index in [1.807, 2.05) is 29.6 Å². The lowest BCUT2D eigenvalue weighted by atomic mass is 10.2. The molecule has 0 saturated carbocycles. The first-order valence-electron chi connectivity index (χ1n) is 7.83. The van der Waals surface area contributed by atoms with Crippen LogP contribution in [0, 0.1) is 0 Å². The van der Waals surface area contributed by atoms with Crippen LogP contribution in [0.4, 0.5) is 4.79 Å². The number of thioether (sulfide) groups is 1. The van der Waals surface area contributed by atoms with Crippen LogP contribution in [0.15, 0.2) is 40.0 Å². The van der Waals surface area contributed by atoms with Gasteiger partial charge in [-0.05, 0) is 19.1 Å². The van der Waals surface area contributed by atoms with E-state index in [0.717, 1.165) is 24.3 Å². The Morgan fingerprint density at radius 2 is 2.04 bits per heavy atom. The van der Waals surface area contributed by atoms with Crippen molar-refractivity contribution >= 4 is 51.8 Å². The van der Waals surface area contributed by atoms with Crippen LogP contribution in [-0.4, -0.2) is 46.9 Å². The molecule has 1 aromatic carbocycles. The highest BCUT2D eigenvalue weighted by molar-refractivity contribution is 8.00. The van der Waals surface area contributed by atoms with Crippen molar-refractivity contribution in [2.75, 3.05) is 12.9 Å². The number of ether oxygens (including phenoxy) is 2. The van der Waals surface area contributed by atoms with Gasteiger partial charge < -0.3 is 13.9 Å². The molecule has 0 aliphatic rings. The maximum absolute atomic E-state index is 12.0. The van der Waals surface area contributed by atoms with E-state index in [2.05, 4.69) is 14.7 Å². The third-order valence-electron chi connectivity index (χ3n) is 3.54. The quantitative estimate of drug-likeness (QED) is 0.398. The lowest BCUT2D eigenvalue weighted by molar-refractivity contribution is -0.152. The first-order valence-corrected chi connectivity index (χ1v) is 8.81. The van der Waals surface area contributed by atoms with E-state index in [0.29, 0.717) is 21.7 Å². The van der Waals surface area contributed by atoms with Crippen molar-refractivity contribution in [3.63, 3.8) is 0 Å². The van der Waals surface area contributed by atoms with Crippen molar-refractivity contribution in [2.45, 2.75) is 18.1 Å². The number of hydrogen-bond donors (Lipinski definition) is 1. The maximum Gasteiger partial charge on any atom is 0.413 e. The lowest BCUT2D eigenvalue weighted by Gasteiger charge is -2.12. The summed E-state index contributed by atoms with van der Waals surface area (Å²) in [6.07, 6.45) is -0.677. The number of furan rings is 1. The van der Waals surface area contributed by atoms with Gasteiger partial charge in [-0.3, -0.25) is 14.9 Å². The van der Waals surface area contributed by atoms with Crippen LogP contribution in [0.3, 0.4) is 0 Å². The molecule has 10 heteroatoms. The van der Waals surface area contributed by atoms with Crippen molar-refractivity contribution in [2.24, 2.45) is 0 Å². The fraction of sp³-hybridized carbons (Fsp3) is 0.235. The minimum atomic E-state index is -1.14. The number of alkyl carbamates (subject to hydrolysis) is 1. The van der Waals surface area contributed by atoms with Gasteiger partial charge in [0.25, 0.3) is 5.91 Å². The Hall–Kier alpha value is -3.14. The number of nitrogens with zero attached hydrogens (tertiary/aromatic N) is 2. The summed E-state index contributed by atoms with van der Waals surface area (Å²) >= 11 is 1.10. The molecule has 3 rings (SSSR count). The van der Waals surface area contributed by atoms with Crippen LogP contribution in [0.5, 0.6) is 0 Å².